The zero-order chi connectivity index (χ0) is 22.4. The third-order valence-corrected chi connectivity index (χ3v) is 7.05. The summed E-state index contributed by atoms with van der Waals surface area (Å²) in [4.78, 5) is 30.3. The predicted octanol–water partition coefficient (Wildman–Crippen LogP) is 3.06. The Morgan fingerprint density at radius 2 is 1.61 bits per heavy atom. The number of hydrogen-bond donors (Lipinski definition) is 3. The lowest BCUT2D eigenvalue weighted by Gasteiger charge is -2.25. The van der Waals surface area contributed by atoms with E-state index in [0.717, 1.165) is 0 Å². The third kappa shape index (κ3) is 3.77. The fraction of sp³-hybridized carbons (Fsp3) is 0.143. The van der Waals surface area contributed by atoms with E-state index >= 15 is 0 Å². The van der Waals surface area contributed by atoms with Crippen molar-refractivity contribution in [2.24, 2.45) is 0 Å². The highest BCUT2D eigenvalue weighted by molar-refractivity contribution is 7.89. The molecule has 0 amide bonds. The van der Waals surface area contributed by atoms with Gasteiger partial charge in [-0.25, -0.2) is 8.42 Å². The molecule has 0 fully saturated rings. The first kappa shape index (κ1) is 21.3. The summed E-state index contributed by atoms with van der Waals surface area (Å²) >= 11 is 6.15. The second-order valence-electron chi connectivity index (χ2n) is 7.29. The molecule has 1 unspecified atom stereocenters. The maximum atomic E-state index is 12.8. The van der Waals surface area contributed by atoms with Crippen LogP contribution in [0.5, 0.6) is 0 Å². The lowest BCUT2D eigenvalue weighted by molar-refractivity contribution is 0.0982. The average molecular weight is 460 g/mol. The number of carbonyl (C=O) groups is 2. The van der Waals surface area contributed by atoms with Crippen LogP contribution in [0.2, 0.25) is 0 Å². The summed E-state index contributed by atoms with van der Waals surface area (Å²) in [6.07, 6.45) is 1.42. The number of carbonyl (C=O) groups excluding carboxylic acids is 2. The normalized spacial score (nSPS) is 20.9. The van der Waals surface area contributed by atoms with E-state index in [4.69, 9.17) is 16.4 Å². The van der Waals surface area contributed by atoms with Crippen molar-refractivity contribution in [1.29, 1.82) is 0 Å². The van der Waals surface area contributed by atoms with E-state index in [9.17, 15) is 18.0 Å². The molecule has 2 aromatic carbocycles. The van der Waals surface area contributed by atoms with Gasteiger partial charge in [0.2, 0.25) is 21.6 Å². The molecule has 1 heterocycles. The largest absolute Gasteiger partial charge is 0.414 e. The van der Waals surface area contributed by atoms with Crippen LogP contribution in [0.3, 0.4) is 0 Å². The number of sulfonamides is 1. The fourth-order valence-corrected chi connectivity index (χ4v) is 4.77. The average Bonchev–Trinajstić information content (AvgIpc) is 3.07. The molecule has 1 atom stereocenters. The Morgan fingerprint density at radius 3 is 2.19 bits per heavy atom. The van der Waals surface area contributed by atoms with Gasteiger partial charge < -0.3 is 10.2 Å². The number of benzene rings is 2. The van der Waals surface area contributed by atoms with Gasteiger partial charge in [0.1, 0.15) is 22.7 Å². The molecule has 0 saturated carbocycles. The van der Waals surface area contributed by atoms with Crippen molar-refractivity contribution in [3.63, 3.8) is 0 Å². The molecule has 1 aliphatic heterocycles. The van der Waals surface area contributed by atoms with Gasteiger partial charge in [0, 0.05) is 22.4 Å². The van der Waals surface area contributed by atoms with E-state index in [1.165, 1.54) is 30.5 Å². The van der Waals surface area contributed by atoms with Crippen LogP contribution in [0, 0.1) is 0 Å². The summed E-state index contributed by atoms with van der Waals surface area (Å²) in [6.45, 7) is 3.37. The van der Waals surface area contributed by atoms with Gasteiger partial charge in [-0.2, -0.15) is 4.72 Å². The number of hydroxylamine groups is 1. The molecule has 2 aromatic rings. The summed E-state index contributed by atoms with van der Waals surface area (Å²) in [6, 6.07) is 12.1. The zero-order valence-corrected chi connectivity index (χ0v) is 18.1. The summed E-state index contributed by atoms with van der Waals surface area (Å²) in [5.41, 5.74) is 3.05. The first-order valence-electron chi connectivity index (χ1n) is 9.22. The highest BCUT2D eigenvalue weighted by Crippen LogP contribution is 2.30. The fourth-order valence-electron chi connectivity index (χ4n) is 3.18. The molecule has 0 spiro atoms. The minimum Gasteiger partial charge on any atom is -0.414 e. The molecule has 0 saturated heterocycles. The van der Waals surface area contributed by atoms with Crippen LogP contribution in [0.4, 0.5) is 5.69 Å². The van der Waals surface area contributed by atoms with Crippen LogP contribution in [0.25, 0.3) is 0 Å². The molecule has 10 heteroatoms. The van der Waals surface area contributed by atoms with Crippen LogP contribution in [-0.4, -0.2) is 25.6 Å². The molecule has 3 N–H and O–H groups in total. The molecule has 4 rings (SSSR count). The molecule has 2 aliphatic rings. The Morgan fingerprint density at radius 1 is 1.00 bits per heavy atom. The van der Waals surface area contributed by atoms with Gasteiger partial charge in [-0.05, 0) is 38.1 Å². The summed E-state index contributed by atoms with van der Waals surface area (Å²) in [7, 11) is -3.88. The van der Waals surface area contributed by atoms with Crippen molar-refractivity contribution in [2.45, 2.75) is 24.4 Å². The molecule has 160 valence electrons. The monoisotopic (exact) mass is 459 g/mol. The van der Waals surface area contributed by atoms with Gasteiger partial charge in [0.25, 0.3) is 0 Å². The van der Waals surface area contributed by atoms with E-state index in [2.05, 4.69) is 15.5 Å². The van der Waals surface area contributed by atoms with Gasteiger partial charge in [0.15, 0.2) is 0 Å². The molecular formula is C21H18ClN3O5S. The van der Waals surface area contributed by atoms with Gasteiger partial charge in [-0.3, -0.25) is 9.59 Å². The first-order valence-corrected chi connectivity index (χ1v) is 11.1. The molecular weight excluding hydrogens is 442 g/mol. The van der Waals surface area contributed by atoms with Crippen LogP contribution in [0.15, 0.2) is 76.0 Å². The lowest BCUT2D eigenvalue weighted by atomic mass is 9.92. The minimum absolute atomic E-state index is 0.0113. The van der Waals surface area contributed by atoms with Crippen LogP contribution < -0.4 is 15.5 Å². The van der Waals surface area contributed by atoms with E-state index < -0.39 is 27.3 Å². The van der Waals surface area contributed by atoms with Crippen molar-refractivity contribution >= 4 is 38.9 Å². The molecule has 0 bridgehead atoms. The van der Waals surface area contributed by atoms with E-state index in [0.29, 0.717) is 11.3 Å². The van der Waals surface area contributed by atoms with Crippen LogP contribution >= 0.6 is 11.6 Å². The Hall–Kier alpha value is -2.98. The number of allylic oxidation sites excluding steroid dienone is 2. The number of Topliss-reactive ketones (excluding diaryl/α,β-unsaturated/α-hetero) is 2. The number of rotatable bonds is 5. The number of anilines is 1. The van der Waals surface area contributed by atoms with E-state index in [1.54, 1.807) is 38.1 Å². The van der Waals surface area contributed by atoms with Crippen LogP contribution in [0.1, 0.15) is 34.6 Å². The second kappa shape index (κ2) is 7.61. The Balaban J connectivity index is 1.57. The molecule has 0 aromatic heterocycles. The molecule has 0 radical (unpaired) electrons. The second-order valence-corrected chi connectivity index (χ2v) is 9.35. The SMILES string of the molecule is CC1=CONC1(C)NS(=O)(=O)c1ccc(NC2=C(Cl)C(=O)c3ccccc3C2=O)cc1. The van der Waals surface area contributed by atoms with Gasteiger partial charge >= 0.3 is 0 Å². The van der Waals surface area contributed by atoms with Crippen molar-refractivity contribution in [3.05, 3.63) is 82.2 Å². The molecule has 8 nitrogen and oxygen atoms in total. The minimum atomic E-state index is -3.88. The van der Waals surface area contributed by atoms with Gasteiger partial charge in [-0.15, -0.1) is 5.48 Å². The Labute approximate surface area is 183 Å². The maximum absolute atomic E-state index is 12.8. The maximum Gasteiger partial charge on any atom is 0.242 e. The molecule has 31 heavy (non-hydrogen) atoms. The van der Waals surface area contributed by atoms with Crippen molar-refractivity contribution in [3.8, 4) is 0 Å². The summed E-state index contributed by atoms with van der Waals surface area (Å²) in [5.74, 6) is -0.869. The number of ketones is 2. The highest BCUT2D eigenvalue weighted by atomic mass is 35.5. The third-order valence-electron chi connectivity index (χ3n) is 5.12. The zero-order valence-electron chi connectivity index (χ0n) is 16.5. The summed E-state index contributed by atoms with van der Waals surface area (Å²) < 4.78 is 28.0. The van der Waals surface area contributed by atoms with Crippen molar-refractivity contribution in [1.82, 2.24) is 10.2 Å². The topological polar surface area (TPSA) is 114 Å². The van der Waals surface area contributed by atoms with Crippen molar-refractivity contribution in [2.75, 3.05) is 5.32 Å². The van der Waals surface area contributed by atoms with E-state index in [1.807, 2.05) is 0 Å². The first-order chi connectivity index (χ1) is 14.6. The Bertz CT molecular complexity index is 1270. The molecule has 1 aliphatic carbocycles. The number of halogens is 1. The smallest absolute Gasteiger partial charge is 0.242 e. The highest BCUT2D eigenvalue weighted by Gasteiger charge is 2.36. The summed E-state index contributed by atoms with van der Waals surface area (Å²) in [5, 5.41) is 2.62. The number of fused-ring (bicyclic) bond motifs is 1. The Kier molecular flexibility index (Phi) is 5.22. The van der Waals surface area contributed by atoms with Crippen molar-refractivity contribution < 1.29 is 22.8 Å². The lowest BCUT2D eigenvalue weighted by Crippen LogP contribution is -2.54. The quantitative estimate of drug-likeness (QED) is 0.629. The van der Waals surface area contributed by atoms with Gasteiger partial charge in [-0.1, -0.05) is 35.9 Å². The van der Waals surface area contributed by atoms with E-state index in [-0.39, 0.29) is 26.8 Å². The predicted molar refractivity (Wildman–Crippen MR) is 115 cm³/mol. The number of hydrogen-bond acceptors (Lipinski definition) is 7. The standard InChI is InChI=1S/C21H18ClN3O5S/c1-12-11-30-24-21(12,2)25-31(28,29)14-9-7-13(8-10-14)23-18-17(22)19(26)15-5-3-4-6-16(15)20(18)27/h3-11,23-25H,1-2H3. The van der Waals surface area contributed by atoms with Crippen LogP contribution in [-0.2, 0) is 14.9 Å². The number of nitrogens with one attached hydrogen (secondary N) is 3. The van der Waals surface area contributed by atoms with Gasteiger partial charge in [0.05, 0.1) is 4.90 Å².